The molecule has 0 N–H and O–H groups in total. The molecule has 0 saturated heterocycles. The summed E-state index contributed by atoms with van der Waals surface area (Å²) in [7, 11) is 0. The predicted octanol–water partition coefficient (Wildman–Crippen LogP) is 2.47. The van der Waals surface area contributed by atoms with E-state index in [1.165, 1.54) is 30.4 Å². The molecule has 0 aliphatic heterocycles. The first kappa shape index (κ1) is 7.08. The Kier molecular flexibility index (Phi) is 1.59. The molecule has 0 aromatic heterocycles. The summed E-state index contributed by atoms with van der Waals surface area (Å²) in [5.41, 5.74) is 2.69. The zero-order valence-corrected chi connectivity index (χ0v) is 7.02. The summed E-state index contributed by atoms with van der Waals surface area (Å²) in [6, 6.07) is 0. The lowest BCUT2D eigenvalue weighted by Crippen LogP contribution is -1.96. The van der Waals surface area contributed by atoms with Crippen LogP contribution in [0.1, 0.15) is 39.0 Å². The summed E-state index contributed by atoms with van der Waals surface area (Å²) >= 11 is 0. The van der Waals surface area contributed by atoms with Gasteiger partial charge in [-0.25, -0.2) is 0 Å². The third-order valence-electron chi connectivity index (χ3n) is 3.00. The van der Waals surface area contributed by atoms with Crippen LogP contribution in [-0.4, -0.2) is 5.78 Å². The van der Waals surface area contributed by atoms with E-state index in [0.717, 1.165) is 12.8 Å². The molecule has 1 unspecified atom stereocenters. The first-order chi connectivity index (χ1) is 5.33. The van der Waals surface area contributed by atoms with Gasteiger partial charge in [-0.15, -0.1) is 0 Å². The number of hydrogen-bond donors (Lipinski definition) is 0. The smallest absolute Gasteiger partial charge is 0.159 e. The zero-order chi connectivity index (χ0) is 7.84. The summed E-state index contributed by atoms with van der Waals surface area (Å²) in [5.74, 6) is 1.10. The van der Waals surface area contributed by atoms with Crippen LogP contribution in [0.2, 0.25) is 0 Å². The van der Waals surface area contributed by atoms with Crippen molar-refractivity contribution in [1.29, 1.82) is 0 Å². The van der Waals surface area contributed by atoms with Crippen LogP contribution in [0.5, 0.6) is 0 Å². The molecule has 0 heterocycles. The minimum Gasteiger partial charge on any atom is -0.295 e. The normalized spacial score (nSPS) is 29.9. The Hall–Kier alpha value is -0.590. The van der Waals surface area contributed by atoms with Gasteiger partial charge >= 0.3 is 0 Å². The van der Waals surface area contributed by atoms with Gasteiger partial charge in [0.15, 0.2) is 5.78 Å². The molecule has 11 heavy (non-hydrogen) atoms. The van der Waals surface area contributed by atoms with Crippen molar-refractivity contribution in [3.05, 3.63) is 11.1 Å². The van der Waals surface area contributed by atoms with Gasteiger partial charge in [0.25, 0.3) is 0 Å². The van der Waals surface area contributed by atoms with E-state index in [4.69, 9.17) is 0 Å². The molecule has 2 aliphatic carbocycles. The van der Waals surface area contributed by atoms with Gasteiger partial charge in [0.2, 0.25) is 0 Å². The van der Waals surface area contributed by atoms with Crippen LogP contribution in [0.25, 0.3) is 0 Å². The fourth-order valence-electron chi connectivity index (χ4n) is 2.49. The average molecular weight is 150 g/mol. The Morgan fingerprint density at radius 3 is 3.09 bits per heavy atom. The highest BCUT2D eigenvalue weighted by Gasteiger charge is 2.33. The number of fused-ring (bicyclic) bond motifs is 1. The monoisotopic (exact) mass is 150 g/mol. The van der Waals surface area contributed by atoms with Crippen molar-refractivity contribution in [2.45, 2.75) is 39.0 Å². The number of hydrogen-bond acceptors (Lipinski definition) is 1. The maximum absolute atomic E-state index is 11.4. The van der Waals surface area contributed by atoms with Gasteiger partial charge in [0, 0.05) is 6.42 Å². The van der Waals surface area contributed by atoms with Crippen LogP contribution >= 0.6 is 0 Å². The molecular weight excluding hydrogens is 136 g/mol. The molecule has 0 aromatic rings. The summed E-state index contributed by atoms with van der Waals surface area (Å²) < 4.78 is 0. The number of allylic oxidation sites excluding steroid dienone is 2. The van der Waals surface area contributed by atoms with Crippen LogP contribution in [0.4, 0.5) is 0 Å². The summed E-state index contributed by atoms with van der Waals surface area (Å²) in [4.78, 5) is 11.4. The Bertz CT molecular complexity index is 225. The van der Waals surface area contributed by atoms with Crippen molar-refractivity contribution in [3.8, 4) is 0 Å². The highest BCUT2D eigenvalue weighted by atomic mass is 16.1. The summed E-state index contributed by atoms with van der Waals surface area (Å²) in [5, 5.41) is 0. The number of rotatable bonds is 1. The number of ketones is 1. The third-order valence-corrected chi connectivity index (χ3v) is 3.00. The lowest BCUT2D eigenvalue weighted by Gasteiger charge is -1.99. The Morgan fingerprint density at radius 1 is 1.55 bits per heavy atom. The van der Waals surface area contributed by atoms with E-state index in [1.807, 2.05) is 0 Å². The van der Waals surface area contributed by atoms with Crippen molar-refractivity contribution >= 4 is 5.78 Å². The van der Waals surface area contributed by atoms with Gasteiger partial charge in [-0.1, -0.05) is 12.5 Å². The summed E-state index contributed by atoms with van der Waals surface area (Å²) in [6.45, 7) is 2.10. The first-order valence-electron chi connectivity index (χ1n) is 4.58. The minimum atomic E-state index is 0.437. The van der Waals surface area contributed by atoms with E-state index < -0.39 is 0 Å². The van der Waals surface area contributed by atoms with Gasteiger partial charge in [-0.3, -0.25) is 4.79 Å². The molecule has 1 fully saturated rings. The van der Waals surface area contributed by atoms with Crippen molar-refractivity contribution in [2.24, 2.45) is 5.92 Å². The highest BCUT2D eigenvalue weighted by molar-refractivity contribution is 5.99. The van der Waals surface area contributed by atoms with Gasteiger partial charge in [0.05, 0.1) is 0 Å². The van der Waals surface area contributed by atoms with Gasteiger partial charge in [-0.2, -0.15) is 0 Å². The van der Waals surface area contributed by atoms with Gasteiger partial charge in [-0.05, 0) is 37.2 Å². The number of Topliss-reactive ketones (excluding diaryl/α,β-unsaturated/α-hetero) is 1. The van der Waals surface area contributed by atoms with E-state index in [-0.39, 0.29) is 0 Å². The second-order valence-electron chi connectivity index (χ2n) is 3.57. The average Bonchev–Trinajstić information content (AvgIpc) is 2.46. The molecule has 2 rings (SSSR count). The van der Waals surface area contributed by atoms with Crippen molar-refractivity contribution in [3.63, 3.8) is 0 Å². The predicted molar refractivity (Wildman–Crippen MR) is 44.3 cm³/mol. The fourth-order valence-corrected chi connectivity index (χ4v) is 2.49. The Labute approximate surface area is 67.5 Å². The van der Waals surface area contributed by atoms with Gasteiger partial charge in [0.1, 0.15) is 0 Å². The molecule has 0 bridgehead atoms. The lowest BCUT2D eigenvalue weighted by molar-refractivity contribution is -0.115. The first-order valence-corrected chi connectivity index (χ1v) is 4.58. The van der Waals surface area contributed by atoms with Crippen LogP contribution < -0.4 is 0 Å². The molecule has 0 amide bonds. The minimum absolute atomic E-state index is 0.437. The molecule has 0 radical (unpaired) electrons. The molecule has 0 aromatic carbocycles. The van der Waals surface area contributed by atoms with Crippen LogP contribution in [0.15, 0.2) is 11.1 Å². The second-order valence-corrected chi connectivity index (χ2v) is 3.57. The van der Waals surface area contributed by atoms with E-state index in [1.54, 1.807) is 0 Å². The quantitative estimate of drug-likeness (QED) is 0.561. The van der Waals surface area contributed by atoms with Gasteiger partial charge < -0.3 is 0 Å². The van der Waals surface area contributed by atoms with Crippen LogP contribution in [0.3, 0.4) is 0 Å². The largest absolute Gasteiger partial charge is 0.295 e. The maximum atomic E-state index is 11.4. The fraction of sp³-hybridized carbons (Fsp3) is 0.700. The van der Waals surface area contributed by atoms with Crippen molar-refractivity contribution < 1.29 is 4.79 Å². The molecule has 0 spiro atoms. The standard InChI is InChI=1S/C10H14O/c1-2-8-9-5-3-4-7(9)6-10(8)11/h7H,2-6H2,1H3. The van der Waals surface area contributed by atoms with E-state index >= 15 is 0 Å². The second kappa shape index (κ2) is 2.47. The Morgan fingerprint density at radius 2 is 2.36 bits per heavy atom. The zero-order valence-electron chi connectivity index (χ0n) is 7.02. The molecule has 1 heteroatoms. The molecule has 60 valence electrons. The van der Waals surface area contributed by atoms with E-state index in [2.05, 4.69) is 6.92 Å². The lowest BCUT2D eigenvalue weighted by atomic mass is 10.0. The topological polar surface area (TPSA) is 17.1 Å². The van der Waals surface area contributed by atoms with Crippen molar-refractivity contribution in [2.75, 3.05) is 0 Å². The highest BCUT2D eigenvalue weighted by Crippen LogP contribution is 2.42. The molecule has 1 atom stereocenters. The number of carbonyl (C=O) groups excluding carboxylic acids is 1. The molecule has 1 nitrogen and oxygen atoms in total. The van der Waals surface area contributed by atoms with E-state index in [0.29, 0.717) is 11.7 Å². The van der Waals surface area contributed by atoms with Crippen LogP contribution in [0, 0.1) is 5.92 Å². The molecular formula is C10H14O. The molecule has 1 saturated carbocycles. The van der Waals surface area contributed by atoms with E-state index in [9.17, 15) is 4.79 Å². The molecule has 2 aliphatic rings. The SMILES string of the molecule is CCC1=C2CCCC2CC1=O. The Balaban J connectivity index is 2.34. The van der Waals surface area contributed by atoms with Crippen LogP contribution in [-0.2, 0) is 4.79 Å². The maximum Gasteiger partial charge on any atom is 0.159 e. The summed E-state index contributed by atoms with van der Waals surface area (Å²) in [6.07, 6.45) is 5.59. The number of carbonyl (C=O) groups is 1. The van der Waals surface area contributed by atoms with Crippen molar-refractivity contribution in [1.82, 2.24) is 0 Å². The third kappa shape index (κ3) is 0.943.